The molecule has 1 atom stereocenters. The monoisotopic (exact) mass is 197 g/mol. The molecule has 1 aromatic rings. The van der Waals surface area contributed by atoms with Gasteiger partial charge in [-0.25, -0.2) is 4.98 Å². The number of carbonyl (C=O) groups excluding carboxylic acids is 1. The zero-order chi connectivity index (χ0) is 9.31. The Morgan fingerprint density at radius 2 is 2.62 bits per heavy atom. The summed E-state index contributed by atoms with van der Waals surface area (Å²) in [5, 5.41) is 0.923. The minimum atomic E-state index is -0.244. The highest BCUT2D eigenvalue weighted by Gasteiger charge is 2.34. The molecule has 0 spiro atoms. The molecule has 1 fully saturated rings. The SMILES string of the molecule is CC1(c2ncc(C=O)s2)CCCO1. The number of rotatable bonds is 2. The fourth-order valence-corrected chi connectivity index (χ4v) is 2.39. The first kappa shape index (κ1) is 8.84. The molecule has 1 aliphatic rings. The molecule has 4 heteroatoms. The largest absolute Gasteiger partial charge is 0.368 e. The van der Waals surface area contributed by atoms with Crippen LogP contribution < -0.4 is 0 Å². The predicted molar refractivity (Wildman–Crippen MR) is 50.0 cm³/mol. The molecule has 0 aromatic carbocycles. The summed E-state index contributed by atoms with van der Waals surface area (Å²) in [5.41, 5.74) is -0.244. The summed E-state index contributed by atoms with van der Waals surface area (Å²) < 4.78 is 5.62. The molecule has 3 nitrogen and oxygen atoms in total. The van der Waals surface area contributed by atoms with Gasteiger partial charge in [0.2, 0.25) is 0 Å². The Morgan fingerprint density at radius 1 is 1.77 bits per heavy atom. The van der Waals surface area contributed by atoms with Gasteiger partial charge < -0.3 is 4.74 Å². The Labute approximate surface area is 80.8 Å². The maximum absolute atomic E-state index is 10.5. The summed E-state index contributed by atoms with van der Waals surface area (Å²) in [7, 11) is 0. The quantitative estimate of drug-likeness (QED) is 0.680. The van der Waals surface area contributed by atoms with E-state index in [9.17, 15) is 4.79 Å². The molecule has 0 saturated carbocycles. The van der Waals surface area contributed by atoms with Gasteiger partial charge in [-0.2, -0.15) is 0 Å². The van der Waals surface area contributed by atoms with Crippen LogP contribution in [0.2, 0.25) is 0 Å². The lowest BCUT2D eigenvalue weighted by atomic mass is 10.0. The molecule has 0 amide bonds. The minimum absolute atomic E-state index is 0.244. The van der Waals surface area contributed by atoms with Gasteiger partial charge in [0.15, 0.2) is 6.29 Å². The van der Waals surface area contributed by atoms with Crippen molar-refractivity contribution >= 4 is 17.6 Å². The molecule has 1 aromatic heterocycles. The Balaban J connectivity index is 2.28. The molecule has 0 aliphatic carbocycles. The number of hydrogen-bond donors (Lipinski definition) is 0. The lowest BCUT2D eigenvalue weighted by Gasteiger charge is -2.19. The lowest BCUT2D eigenvalue weighted by Crippen LogP contribution is -2.19. The molecule has 0 N–H and O–H groups in total. The van der Waals surface area contributed by atoms with E-state index in [4.69, 9.17) is 4.74 Å². The van der Waals surface area contributed by atoms with E-state index in [2.05, 4.69) is 4.98 Å². The highest BCUT2D eigenvalue weighted by Crippen LogP contribution is 2.37. The maximum atomic E-state index is 10.5. The van der Waals surface area contributed by atoms with Crippen molar-refractivity contribution in [3.05, 3.63) is 16.1 Å². The number of aldehydes is 1. The van der Waals surface area contributed by atoms with Crippen LogP contribution in [-0.4, -0.2) is 17.9 Å². The number of aromatic nitrogens is 1. The van der Waals surface area contributed by atoms with Gasteiger partial charge in [0.1, 0.15) is 10.6 Å². The third-order valence-corrected chi connectivity index (χ3v) is 3.48. The van der Waals surface area contributed by atoms with Gasteiger partial charge in [-0.1, -0.05) is 0 Å². The Kier molecular flexibility index (Phi) is 2.17. The van der Waals surface area contributed by atoms with Crippen LogP contribution in [-0.2, 0) is 10.3 Å². The fourth-order valence-electron chi connectivity index (χ4n) is 1.53. The zero-order valence-corrected chi connectivity index (χ0v) is 8.26. The molecule has 2 heterocycles. The zero-order valence-electron chi connectivity index (χ0n) is 7.45. The summed E-state index contributed by atoms with van der Waals surface area (Å²) in [6.45, 7) is 2.83. The Bertz CT molecular complexity index is 315. The van der Waals surface area contributed by atoms with E-state index >= 15 is 0 Å². The van der Waals surface area contributed by atoms with Crippen LogP contribution in [0.25, 0.3) is 0 Å². The molecule has 0 bridgehead atoms. The second kappa shape index (κ2) is 3.20. The molecular weight excluding hydrogens is 186 g/mol. The average Bonchev–Trinajstić information content (AvgIpc) is 2.72. The first-order valence-electron chi connectivity index (χ1n) is 4.30. The van der Waals surface area contributed by atoms with Crippen molar-refractivity contribution in [2.45, 2.75) is 25.4 Å². The van der Waals surface area contributed by atoms with Crippen LogP contribution in [0.15, 0.2) is 6.20 Å². The molecule has 13 heavy (non-hydrogen) atoms. The third kappa shape index (κ3) is 1.51. The molecular formula is C9H11NO2S. The number of thiazole rings is 1. The summed E-state index contributed by atoms with van der Waals surface area (Å²) in [6.07, 6.45) is 4.52. The first-order chi connectivity index (χ1) is 6.24. The number of carbonyl (C=O) groups is 1. The molecule has 2 rings (SSSR count). The topological polar surface area (TPSA) is 39.2 Å². The number of hydrogen-bond acceptors (Lipinski definition) is 4. The third-order valence-electron chi connectivity index (χ3n) is 2.31. The second-order valence-electron chi connectivity index (χ2n) is 3.37. The summed E-state index contributed by atoms with van der Waals surface area (Å²) in [6, 6.07) is 0. The smallest absolute Gasteiger partial charge is 0.161 e. The van der Waals surface area contributed by atoms with Crippen LogP contribution in [0.5, 0.6) is 0 Å². The van der Waals surface area contributed by atoms with Crippen molar-refractivity contribution in [3.63, 3.8) is 0 Å². The van der Waals surface area contributed by atoms with Crippen LogP contribution in [0.1, 0.15) is 34.4 Å². The molecule has 1 aliphatic heterocycles. The molecule has 70 valence electrons. The highest BCUT2D eigenvalue weighted by atomic mass is 32.1. The fraction of sp³-hybridized carbons (Fsp3) is 0.556. The maximum Gasteiger partial charge on any atom is 0.161 e. The van der Waals surface area contributed by atoms with Gasteiger partial charge in [0.05, 0.1) is 4.88 Å². The van der Waals surface area contributed by atoms with Crippen molar-refractivity contribution in [3.8, 4) is 0 Å². The van der Waals surface area contributed by atoms with Crippen LogP contribution in [0.4, 0.5) is 0 Å². The second-order valence-corrected chi connectivity index (χ2v) is 4.43. The van der Waals surface area contributed by atoms with Crippen molar-refractivity contribution in [1.29, 1.82) is 0 Å². The number of ether oxygens (including phenoxy) is 1. The van der Waals surface area contributed by atoms with Gasteiger partial charge in [0.25, 0.3) is 0 Å². The standard InChI is InChI=1S/C9H11NO2S/c1-9(3-2-4-12-9)8-10-5-7(6-11)13-8/h5-6H,2-4H2,1H3. The molecule has 0 radical (unpaired) electrons. The van der Waals surface area contributed by atoms with Gasteiger partial charge in [-0.3, -0.25) is 4.79 Å². The highest BCUT2D eigenvalue weighted by molar-refractivity contribution is 7.13. The van der Waals surface area contributed by atoms with E-state index in [1.807, 2.05) is 6.92 Å². The Morgan fingerprint density at radius 3 is 3.15 bits per heavy atom. The summed E-state index contributed by atoms with van der Waals surface area (Å²) in [5.74, 6) is 0. The van der Waals surface area contributed by atoms with Crippen molar-refractivity contribution in [2.24, 2.45) is 0 Å². The normalized spacial score (nSPS) is 27.8. The van der Waals surface area contributed by atoms with Crippen molar-refractivity contribution in [2.75, 3.05) is 6.61 Å². The van der Waals surface area contributed by atoms with E-state index in [1.165, 1.54) is 11.3 Å². The van der Waals surface area contributed by atoms with Gasteiger partial charge in [0, 0.05) is 12.8 Å². The number of nitrogens with zero attached hydrogens (tertiary/aromatic N) is 1. The van der Waals surface area contributed by atoms with E-state index in [1.54, 1.807) is 6.20 Å². The van der Waals surface area contributed by atoms with E-state index in [0.717, 1.165) is 30.7 Å². The molecule has 1 unspecified atom stereocenters. The van der Waals surface area contributed by atoms with Crippen molar-refractivity contribution in [1.82, 2.24) is 4.98 Å². The van der Waals surface area contributed by atoms with Crippen LogP contribution in [0.3, 0.4) is 0 Å². The summed E-state index contributed by atoms with van der Waals surface area (Å²) in [4.78, 5) is 15.3. The van der Waals surface area contributed by atoms with Gasteiger partial charge in [-0.05, 0) is 19.8 Å². The lowest BCUT2D eigenvalue weighted by molar-refractivity contribution is 0.0166. The van der Waals surface area contributed by atoms with Crippen LogP contribution >= 0.6 is 11.3 Å². The van der Waals surface area contributed by atoms with Crippen molar-refractivity contribution < 1.29 is 9.53 Å². The average molecular weight is 197 g/mol. The van der Waals surface area contributed by atoms with E-state index in [0.29, 0.717) is 4.88 Å². The van der Waals surface area contributed by atoms with E-state index in [-0.39, 0.29) is 5.60 Å². The van der Waals surface area contributed by atoms with Crippen LogP contribution in [0, 0.1) is 0 Å². The Hall–Kier alpha value is -0.740. The minimum Gasteiger partial charge on any atom is -0.368 e. The summed E-state index contributed by atoms with van der Waals surface area (Å²) >= 11 is 1.42. The molecule has 1 saturated heterocycles. The first-order valence-corrected chi connectivity index (χ1v) is 5.12. The van der Waals surface area contributed by atoms with E-state index < -0.39 is 0 Å². The van der Waals surface area contributed by atoms with Gasteiger partial charge in [-0.15, -0.1) is 11.3 Å². The van der Waals surface area contributed by atoms with Gasteiger partial charge >= 0.3 is 0 Å². The predicted octanol–water partition coefficient (Wildman–Crippen LogP) is 1.98.